The van der Waals surface area contributed by atoms with Gasteiger partial charge in [-0.1, -0.05) is 68.4 Å². The number of carbonyl (C=O) groups excluding carboxylic acids is 1. The first kappa shape index (κ1) is 23.7. The fourth-order valence-corrected chi connectivity index (χ4v) is 2.31. The molecule has 0 bridgehead atoms. The molecule has 0 radical (unpaired) electrons. The molecule has 0 rings (SSSR count). The zero-order valence-corrected chi connectivity index (χ0v) is 16.6. The Morgan fingerprint density at radius 1 is 0.800 bits per heavy atom. The quantitative estimate of drug-likeness (QED) is 0.189. The number of unbranched alkanes of at least 4 members (excludes halogenated alkanes) is 4. The Bertz CT molecular complexity index is 410. The van der Waals surface area contributed by atoms with E-state index in [0.717, 1.165) is 32.1 Å². The van der Waals surface area contributed by atoms with Gasteiger partial charge in [0.05, 0.1) is 0 Å². The second-order valence-corrected chi connectivity index (χ2v) is 6.40. The molecule has 0 spiro atoms. The van der Waals surface area contributed by atoms with E-state index < -0.39 is 0 Å². The van der Waals surface area contributed by atoms with Crippen LogP contribution >= 0.6 is 11.6 Å². The van der Waals surface area contributed by atoms with Crippen molar-refractivity contribution in [3.8, 4) is 0 Å². The number of hydrogen-bond acceptors (Lipinski definition) is 1. The number of carbonyl (C=O) groups is 1. The van der Waals surface area contributed by atoms with Crippen molar-refractivity contribution in [3.63, 3.8) is 0 Å². The summed E-state index contributed by atoms with van der Waals surface area (Å²) in [7, 11) is 0. The molecule has 0 aromatic carbocycles. The first-order valence-corrected chi connectivity index (χ1v) is 10.3. The molecule has 0 atom stereocenters. The topological polar surface area (TPSA) is 29.1 Å². The van der Waals surface area contributed by atoms with Gasteiger partial charge in [0.2, 0.25) is 5.91 Å². The number of amides is 1. The SMILES string of the molecule is CCCCCC=CCC=CCC=CCC=CCCCC(=O)NCCCl. The van der Waals surface area contributed by atoms with E-state index in [1.54, 1.807) is 0 Å². The van der Waals surface area contributed by atoms with Gasteiger partial charge in [0, 0.05) is 18.8 Å². The summed E-state index contributed by atoms with van der Waals surface area (Å²) in [6.07, 6.45) is 28.3. The Morgan fingerprint density at radius 3 is 1.84 bits per heavy atom. The fourth-order valence-electron chi connectivity index (χ4n) is 2.22. The van der Waals surface area contributed by atoms with Crippen molar-refractivity contribution in [2.24, 2.45) is 0 Å². The van der Waals surface area contributed by atoms with Gasteiger partial charge in [0.25, 0.3) is 0 Å². The summed E-state index contributed by atoms with van der Waals surface area (Å²) in [4.78, 5) is 11.3. The average molecular weight is 366 g/mol. The molecule has 0 aromatic heterocycles. The van der Waals surface area contributed by atoms with Gasteiger partial charge < -0.3 is 5.32 Å². The minimum absolute atomic E-state index is 0.0940. The van der Waals surface area contributed by atoms with Crippen LogP contribution in [0.15, 0.2) is 48.6 Å². The first-order valence-electron chi connectivity index (χ1n) is 9.73. The van der Waals surface area contributed by atoms with E-state index >= 15 is 0 Å². The number of allylic oxidation sites excluding steroid dienone is 8. The van der Waals surface area contributed by atoms with Crippen LogP contribution in [0.2, 0.25) is 0 Å². The predicted molar refractivity (Wildman–Crippen MR) is 112 cm³/mol. The van der Waals surface area contributed by atoms with E-state index in [1.165, 1.54) is 25.7 Å². The molecule has 0 aromatic rings. The highest BCUT2D eigenvalue weighted by Gasteiger charge is 1.97. The largest absolute Gasteiger partial charge is 0.355 e. The van der Waals surface area contributed by atoms with Crippen molar-refractivity contribution in [1.82, 2.24) is 5.32 Å². The summed E-state index contributed by atoms with van der Waals surface area (Å²) in [6.45, 7) is 2.80. The Hall–Kier alpha value is -1.28. The van der Waals surface area contributed by atoms with Gasteiger partial charge >= 0.3 is 0 Å². The zero-order chi connectivity index (χ0) is 18.4. The van der Waals surface area contributed by atoms with Crippen LogP contribution in [0.4, 0.5) is 0 Å². The number of hydrogen-bond donors (Lipinski definition) is 1. The van der Waals surface area contributed by atoms with Crippen LogP contribution in [0.25, 0.3) is 0 Å². The lowest BCUT2D eigenvalue weighted by atomic mass is 10.2. The number of rotatable bonds is 16. The van der Waals surface area contributed by atoms with Crippen LogP contribution < -0.4 is 5.32 Å². The molecule has 142 valence electrons. The molecule has 0 aliphatic rings. The molecule has 1 amide bonds. The summed E-state index contributed by atoms with van der Waals surface area (Å²) in [5.41, 5.74) is 0. The van der Waals surface area contributed by atoms with Crippen LogP contribution in [0, 0.1) is 0 Å². The predicted octanol–water partition coefficient (Wildman–Crippen LogP) is 6.49. The molecule has 0 aliphatic carbocycles. The molecule has 0 saturated heterocycles. The zero-order valence-electron chi connectivity index (χ0n) is 15.9. The van der Waals surface area contributed by atoms with Crippen LogP contribution in [-0.2, 0) is 4.79 Å². The average Bonchev–Trinajstić information content (AvgIpc) is 2.62. The lowest BCUT2D eigenvalue weighted by Crippen LogP contribution is -2.24. The number of halogens is 1. The number of nitrogens with one attached hydrogen (secondary N) is 1. The fraction of sp³-hybridized carbons (Fsp3) is 0.591. The highest BCUT2D eigenvalue weighted by atomic mass is 35.5. The molecule has 2 nitrogen and oxygen atoms in total. The van der Waals surface area contributed by atoms with Crippen molar-refractivity contribution >= 4 is 17.5 Å². The van der Waals surface area contributed by atoms with E-state index in [2.05, 4.69) is 60.8 Å². The van der Waals surface area contributed by atoms with Gasteiger partial charge in [-0.25, -0.2) is 0 Å². The molecule has 25 heavy (non-hydrogen) atoms. The summed E-state index contributed by atoms with van der Waals surface area (Å²) >= 11 is 5.51. The Labute approximate surface area is 160 Å². The van der Waals surface area contributed by atoms with Crippen molar-refractivity contribution in [3.05, 3.63) is 48.6 Å². The van der Waals surface area contributed by atoms with Crippen molar-refractivity contribution in [2.75, 3.05) is 12.4 Å². The first-order chi connectivity index (χ1) is 12.3. The van der Waals surface area contributed by atoms with Crippen LogP contribution in [0.5, 0.6) is 0 Å². The second-order valence-electron chi connectivity index (χ2n) is 6.02. The molecular formula is C22H36ClNO. The van der Waals surface area contributed by atoms with E-state index in [9.17, 15) is 4.79 Å². The van der Waals surface area contributed by atoms with Crippen molar-refractivity contribution in [2.45, 2.75) is 71.1 Å². The van der Waals surface area contributed by atoms with Gasteiger partial charge in [-0.15, -0.1) is 11.6 Å². The van der Waals surface area contributed by atoms with Crippen LogP contribution in [0.3, 0.4) is 0 Å². The standard InChI is InChI=1S/C22H36ClNO/c1-2-3-4-5-6-7-8-9-10-11-12-13-14-15-16-17-18-19-22(25)24-21-20-23/h6-7,9-10,12-13,15-16H,2-5,8,11,14,17-21H2,1H3,(H,24,25). The van der Waals surface area contributed by atoms with Gasteiger partial charge in [0.15, 0.2) is 0 Å². The van der Waals surface area contributed by atoms with E-state index in [-0.39, 0.29) is 5.91 Å². The van der Waals surface area contributed by atoms with Crippen LogP contribution in [-0.4, -0.2) is 18.3 Å². The van der Waals surface area contributed by atoms with Crippen molar-refractivity contribution < 1.29 is 4.79 Å². The van der Waals surface area contributed by atoms with Crippen molar-refractivity contribution in [1.29, 1.82) is 0 Å². The second kappa shape index (κ2) is 20.8. The smallest absolute Gasteiger partial charge is 0.220 e. The third-order valence-corrected chi connectivity index (χ3v) is 3.84. The van der Waals surface area contributed by atoms with E-state index in [4.69, 9.17) is 11.6 Å². The summed E-state index contributed by atoms with van der Waals surface area (Å²) in [5.74, 6) is 0.569. The summed E-state index contributed by atoms with van der Waals surface area (Å²) in [6, 6.07) is 0. The molecule has 0 heterocycles. The lowest BCUT2D eigenvalue weighted by Gasteiger charge is -2.00. The Kier molecular flexibility index (Phi) is 19.7. The van der Waals surface area contributed by atoms with Crippen LogP contribution in [0.1, 0.15) is 71.1 Å². The van der Waals surface area contributed by atoms with E-state index in [1.807, 2.05) is 0 Å². The van der Waals surface area contributed by atoms with Gasteiger partial charge in [-0.3, -0.25) is 4.79 Å². The maximum Gasteiger partial charge on any atom is 0.220 e. The lowest BCUT2D eigenvalue weighted by molar-refractivity contribution is -0.121. The normalized spacial score (nSPS) is 12.2. The molecule has 0 aliphatic heterocycles. The number of alkyl halides is 1. The van der Waals surface area contributed by atoms with Gasteiger partial charge in [-0.2, -0.15) is 0 Å². The Morgan fingerprint density at radius 2 is 1.32 bits per heavy atom. The minimum atomic E-state index is 0.0940. The van der Waals surface area contributed by atoms with Gasteiger partial charge in [-0.05, 0) is 44.9 Å². The third kappa shape index (κ3) is 20.7. The summed E-state index contributed by atoms with van der Waals surface area (Å²) in [5, 5.41) is 2.77. The minimum Gasteiger partial charge on any atom is -0.355 e. The van der Waals surface area contributed by atoms with Gasteiger partial charge in [0.1, 0.15) is 0 Å². The molecule has 0 unspecified atom stereocenters. The Balaban J connectivity index is 3.44. The third-order valence-electron chi connectivity index (χ3n) is 3.65. The summed E-state index contributed by atoms with van der Waals surface area (Å²) < 4.78 is 0. The molecule has 0 saturated carbocycles. The van der Waals surface area contributed by atoms with E-state index in [0.29, 0.717) is 18.8 Å². The highest BCUT2D eigenvalue weighted by Crippen LogP contribution is 2.01. The maximum atomic E-state index is 11.3. The molecule has 0 fully saturated rings. The maximum absolute atomic E-state index is 11.3. The highest BCUT2D eigenvalue weighted by molar-refractivity contribution is 6.18. The monoisotopic (exact) mass is 365 g/mol. The molecule has 3 heteroatoms. The molecular weight excluding hydrogens is 330 g/mol. The molecule has 1 N–H and O–H groups in total.